The van der Waals surface area contributed by atoms with Gasteiger partial charge in [-0.05, 0) is 57.4 Å². The second-order valence-corrected chi connectivity index (χ2v) is 11.1. The third-order valence-corrected chi connectivity index (χ3v) is 8.00. The highest BCUT2D eigenvalue weighted by Crippen LogP contribution is 2.33. The third-order valence-electron chi connectivity index (χ3n) is 6.49. The van der Waals surface area contributed by atoms with E-state index in [4.69, 9.17) is 15.4 Å². The number of rotatable bonds is 16. The first-order chi connectivity index (χ1) is 19.6. The Bertz CT molecular complexity index is 1100. The van der Waals surface area contributed by atoms with Crippen molar-refractivity contribution in [2.45, 2.75) is 62.8 Å². The first-order valence-corrected chi connectivity index (χ1v) is 14.6. The summed E-state index contributed by atoms with van der Waals surface area (Å²) in [7, 11) is 2.01. The highest BCUT2D eigenvalue weighted by atomic mass is 32.2. The van der Waals surface area contributed by atoms with Crippen LogP contribution in [0.3, 0.4) is 0 Å². The van der Waals surface area contributed by atoms with E-state index in [1.54, 1.807) is 6.07 Å². The molecule has 3 rings (SSSR count). The number of aliphatic carboxylic acids is 1. The van der Waals surface area contributed by atoms with Crippen molar-refractivity contribution in [2.75, 3.05) is 44.3 Å². The standard InChI is InChI=1S/C23H35N9O4S.C2H4O2/c1-31(12-4-10-25-17-9-8-16(29-30-24)14-19(17)32(35)36)13-5-11-26-21(33)7-3-2-6-20-22-18(15-37-20)27-23(34)28-22;1-2(3)4/h8-9,14,18,20,22,25H,2-7,10-13,15H2,1H3,(H,26,33)(H2,27,28,34);1H3,(H,3,4)/t18?,20-,22?;/m0./s1. The van der Waals surface area contributed by atoms with Crippen molar-refractivity contribution in [3.63, 3.8) is 0 Å². The number of carbonyl (C=O) groups is 3. The van der Waals surface area contributed by atoms with Gasteiger partial charge in [-0.15, -0.1) is 0 Å². The van der Waals surface area contributed by atoms with Crippen LogP contribution in [0.4, 0.5) is 21.9 Å². The Hall–Kier alpha value is -3.75. The largest absolute Gasteiger partial charge is 0.481 e. The molecule has 0 radical (unpaired) electrons. The van der Waals surface area contributed by atoms with E-state index < -0.39 is 10.9 Å². The Morgan fingerprint density at radius 2 is 1.95 bits per heavy atom. The number of thioether (sulfide) groups is 1. The van der Waals surface area contributed by atoms with Gasteiger partial charge in [-0.2, -0.15) is 11.8 Å². The van der Waals surface area contributed by atoms with Crippen molar-refractivity contribution >= 4 is 46.7 Å². The Labute approximate surface area is 243 Å². The van der Waals surface area contributed by atoms with Gasteiger partial charge in [-0.3, -0.25) is 19.7 Å². The number of fused-ring (bicyclic) bond motifs is 1. The summed E-state index contributed by atoms with van der Waals surface area (Å²) >= 11 is 1.90. The molecule has 226 valence electrons. The SMILES string of the molecule is CC(=O)O.CN(CCCNC(=O)CCCC[C@@H]1SCC2NC(=O)NC21)CCCNc1ccc(N=[N+]=[N-])cc1[N+](=O)[O-]. The van der Waals surface area contributed by atoms with E-state index in [0.717, 1.165) is 57.9 Å². The minimum absolute atomic E-state index is 0.0662. The van der Waals surface area contributed by atoms with Crippen LogP contribution in [-0.2, 0) is 9.59 Å². The maximum Gasteiger partial charge on any atom is 0.315 e. The van der Waals surface area contributed by atoms with E-state index in [9.17, 15) is 19.7 Å². The number of benzene rings is 1. The number of hydrogen-bond acceptors (Lipinski definition) is 9. The van der Waals surface area contributed by atoms with Crippen LogP contribution in [0.2, 0.25) is 0 Å². The van der Waals surface area contributed by atoms with Crippen LogP contribution in [0.25, 0.3) is 10.4 Å². The molecule has 2 aliphatic rings. The molecule has 16 heteroatoms. The van der Waals surface area contributed by atoms with Crippen LogP contribution in [0, 0.1) is 10.1 Å². The summed E-state index contributed by atoms with van der Waals surface area (Å²) in [5.41, 5.74) is 8.95. The van der Waals surface area contributed by atoms with Crippen molar-refractivity contribution in [1.82, 2.24) is 20.9 Å². The number of nitrogens with one attached hydrogen (secondary N) is 4. The summed E-state index contributed by atoms with van der Waals surface area (Å²) < 4.78 is 0. The van der Waals surface area contributed by atoms with Gasteiger partial charge < -0.3 is 31.3 Å². The molecule has 41 heavy (non-hydrogen) atoms. The molecule has 5 N–H and O–H groups in total. The number of unbranched alkanes of at least 4 members (excludes halogenated alkanes) is 1. The molecule has 3 amide bonds. The van der Waals surface area contributed by atoms with E-state index in [1.807, 2.05) is 18.8 Å². The Balaban J connectivity index is 0.00000138. The second kappa shape index (κ2) is 17.8. The Kier molecular flexibility index (Phi) is 14.6. The number of nitro groups is 1. The smallest absolute Gasteiger partial charge is 0.315 e. The average molecular weight is 594 g/mol. The van der Waals surface area contributed by atoms with E-state index >= 15 is 0 Å². The summed E-state index contributed by atoms with van der Waals surface area (Å²) in [5, 5.41) is 34.5. The molecule has 2 heterocycles. The zero-order valence-electron chi connectivity index (χ0n) is 23.4. The Morgan fingerprint density at radius 3 is 2.63 bits per heavy atom. The molecule has 2 unspecified atom stereocenters. The highest BCUT2D eigenvalue weighted by molar-refractivity contribution is 8.00. The molecule has 0 saturated carbocycles. The summed E-state index contributed by atoms with van der Waals surface area (Å²) in [6.07, 6.45) is 4.99. The van der Waals surface area contributed by atoms with Gasteiger partial charge in [0.25, 0.3) is 11.7 Å². The first kappa shape index (κ1) is 33.5. The van der Waals surface area contributed by atoms with Gasteiger partial charge in [-0.1, -0.05) is 17.6 Å². The van der Waals surface area contributed by atoms with Gasteiger partial charge >= 0.3 is 6.03 Å². The van der Waals surface area contributed by atoms with E-state index in [0.29, 0.717) is 30.4 Å². The maximum absolute atomic E-state index is 12.1. The fourth-order valence-electron chi connectivity index (χ4n) is 4.56. The van der Waals surface area contributed by atoms with E-state index in [2.05, 4.69) is 36.2 Å². The molecule has 2 fully saturated rings. The molecule has 3 atom stereocenters. The molecule has 0 aromatic heterocycles. The van der Waals surface area contributed by atoms with Crippen molar-refractivity contribution in [2.24, 2.45) is 5.11 Å². The summed E-state index contributed by atoms with van der Waals surface area (Å²) in [6, 6.07) is 4.72. The van der Waals surface area contributed by atoms with Gasteiger partial charge in [0.1, 0.15) is 5.69 Å². The van der Waals surface area contributed by atoms with Crippen LogP contribution in [0.15, 0.2) is 23.3 Å². The number of carboxylic acids is 1. The molecule has 2 aliphatic heterocycles. The molecule has 0 spiro atoms. The van der Waals surface area contributed by atoms with Crippen molar-refractivity contribution < 1.29 is 24.4 Å². The molecule has 15 nitrogen and oxygen atoms in total. The predicted molar refractivity (Wildman–Crippen MR) is 157 cm³/mol. The number of nitro benzene ring substituents is 1. The number of azide groups is 1. The first-order valence-electron chi connectivity index (χ1n) is 13.5. The number of hydrogen-bond donors (Lipinski definition) is 5. The third kappa shape index (κ3) is 12.5. The Morgan fingerprint density at radius 1 is 1.24 bits per heavy atom. The lowest BCUT2D eigenvalue weighted by molar-refractivity contribution is -0.383. The molecular formula is C25H39N9O6S. The zero-order valence-corrected chi connectivity index (χ0v) is 24.2. The number of anilines is 1. The number of nitrogens with zero attached hydrogens (tertiary/aromatic N) is 5. The fourth-order valence-corrected chi connectivity index (χ4v) is 6.10. The van der Waals surface area contributed by atoms with Crippen molar-refractivity contribution in [3.05, 3.63) is 38.8 Å². The monoisotopic (exact) mass is 593 g/mol. The average Bonchev–Trinajstić information content (AvgIpc) is 3.46. The highest BCUT2D eigenvalue weighted by Gasteiger charge is 2.42. The van der Waals surface area contributed by atoms with Gasteiger partial charge in [0.2, 0.25) is 5.91 Å². The molecular weight excluding hydrogens is 554 g/mol. The van der Waals surface area contributed by atoms with Crippen LogP contribution in [-0.4, -0.2) is 89.2 Å². The second-order valence-electron chi connectivity index (χ2n) is 9.82. The number of urea groups is 1. The molecule has 2 saturated heterocycles. The van der Waals surface area contributed by atoms with E-state index in [1.165, 1.54) is 12.1 Å². The van der Waals surface area contributed by atoms with Crippen LogP contribution < -0.4 is 21.3 Å². The zero-order chi connectivity index (χ0) is 30.2. The normalized spacial score (nSPS) is 18.7. The summed E-state index contributed by atoms with van der Waals surface area (Å²) in [4.78, 5) is 48.1. The predicted octanol–water partition coefficient (Wildman–Crippen LogP) is 3.59. The lowest BCUT2D eigenvalue weighted by Crippen LogP contribution is -2.36. The lowest BCUT2D eigenvalue weighted by Gasteiger charge is -2.17. The van der Waals surface area contributed by atoms with Crippen LogP contribution >= 0.6 is 11.8 Å². The number of carboxylic acid groups (broad SMARTS) is 1. The minimum atomic E-state index is -0.833. The fraction of sp³-hybridized carbons (Fsp3) is 0.640. The topological polar surface area (TPSA) is 215 Å². The quantitative estimate of drug-likeness (QED) is 0.0359. The molecule has 1 aromatic carbocycles. The number of amides is 3. The molecule has 0 aliphatic carbocycles. The maximum atomic E-state index is 12.1. The van der Waals surface area contributed by atoms with Gasteiger partial charge in [0.05, 0.1) is 17.0 Å². The van der Waals surface area contributed by atoms with Gasteiger partial charge in [-0.25, -0.2) is 4.79 Å². The van der Waals surface area contributed by atoms with E-state index in [-0.39, 0.29) is 35.4 Å². The van der Waals surface area contributed by atoms with Crippen molar-refractivity contribution in [3.8, 4) is 0 Å². The van der Waals surface area contributed by atoms with Gasteiger partial charge in [0.15, 0.2) is 0 Å². The van der Waals surface area contributed by atoms with Crippen molar-refractivity contribution in [1.29, 1.82) is 0 Å². The van der Waals surface area contributed by atoms with Crippen LogP contribution in [0.5, 0.6) is 0 Å². The van der Waals surface area contributed by atoms with Gasteiger partial charge in [0, 0.05) is 54.1 Å². The minimum Gasteiger partial charge on any atom is -0.481 e. The van der Waals surface area contributed by atoms with Crippen LogP contribution in [0.1, 0.15) is 45.4 Å². The summed E-state index contributed by atoms with van der Waals surface area (Å²) in [6.45, 7) is 3.92. The lowest BCUT2D eigenvalue weighted by atomic mass is 10.0. The number of carbonyl (C=O) groups excluding carboxylic acids is 2. The molecule has 0 bridgehead atoms. The molecule has 1 aromatic rings. The summed E-state index contributed by atoms with van der Waals surface area (Å²) in [5.74, 6) is 0.198.